The Kier molecular flexibility index (Phi) is 5.52. The molecule has 4 N–H and O–H groups in total. The number of benzene rings is 1. The van der Waals surface area contributed by atoms with Crippen molar-refractivity contribution in [1.82, 2.24) is 10.3 Å². The highest BCUT2D eigenvalue weighted by molar-refractivity contribution is 5.93. The lowest BCUT2D eigenvalue weighted by Gasteiger charge is -2.19. The zero-order valence-electron chi connectivity index (χ0n) is 14.0. The van der Waals surface area contributed by atoms with Crippen LogP contribution in [-0.4, -0.2) is 23.0 Å². The van der Waals surface area contributed by atoms with E-state index < -0.39 is 18.0 Å². The van der Waals surface area contributed by atoms with Crippen molar-refractivity contribution < 1.29 is 9.59 Å². The van der Waals surface area contributed by atoms with E-state index in [0.29, 0.717) is 5.82 Å². The van der Waals surface area contributed by atoms with Crippen LogP contribution < -0.4 is 16.4 Å². The zero-order chi connectivity index (χ0) is 17.7. The van der Waals surface area contributed by atoms with Crippen LogP contribution in [0.3, 0.4) is 0 Å². The largest absolute Gasteiger partial charge is 0.368 e. The van der Waals surface area contributed by atoms with E-state index in [4.69, 9.17) is 5.73 Å². The van der Waals surface area contributed by atoms with Gasteiger partial charge in [-0.2, -0.15) is 0 Å². The molecule has 0 spiro atoms. The minimum Gasteiger partial charge on any atom is -0.368 e. The van der Waals surface area contributed by atoms with E-state index in [1.807, 2.05) is 57.2 Å². The van der Waals surface area contributed by atoms with Crippen molar-refractivity contribution in [3.05, 3.63) is 48.2 Å². The van der Waals surface area contributed by atoms with Crippen LogP contribution in [0.1, 0.15) is 19.5 Å². The molecule has 1 aromatic carbocycles. The van der Waals surface area contributed by atoms with Gasteiger partial charge in [0.25, 0.3) is 0 Å². The molecule has 0 saturated heterocycles. The van der Waals surface area contributed by atoms with Crippen molar-refractivity contribution in [2.24, 2.45) is 11.7 Å². The van der Waals surface area contributed by atoms with Gasteiger partial charge in [-0.1, -0.05) is 44.2 Å². The number of carbonyl (C=O) groups excluding carboxylic acids is 2. The van der Waals surface area contributed by atoms with Crippen molar-refractivity contribution in [2.45, 2.75) is 26.8 Å². The maximum absolute atomic E-state index is 12.0. The van der Waals surface area contributed by atoms with Crippen molar-refractivity contribution in [2.75, 3.05) is 5.32 Å². The molecule has 2 rings (SSSR count). The number of nitrogens with one attached hydrogen (secondary N) is 2. The van der Waals surface area contributed by atoms with Crippen molar-refractivity contribution in [3.8, 4) is 11.1 Å². The highest BCUT2D eigenvalue weighted by atomic mass is 16.2. The summed E-state index contributed by atoms with van der Waals surface area (Å²) in [4.78, 5) is 27.8. The highest BCUT2D eigenvalue weighted by Crippen LogP contribution is 2.23. The van der Waals surface area contributed by atoms with Gasteiger partial charge in [-0.3, -0.25) is 10.1 Å². The second-order valence-corrected chi connectivity index (χ2v) is 5.92. The molecule has 0 aliphatic heterocycles. The van der Waals surface area contributed by atoms with E-state index in [9.17, 15) is 9.59 Å². The van der Waals surface area contributed by atoms with Gasteiger partial charge in [-0.25, -0.2) is 9.78 Å². The molecule has 1 heterocycles. The van der Waals surface area contributed by atoms with Crippen LogP contribution in [0, 0.1) is 12.8 Å². The average Bonchev–Trinajstić information content (AvgIpc) is 2.53. The molecular weight excluding hydrogens is 304 g/mol. The zero-order valence-corrected chi connectivity index (χ0v) is 14.0. The fraction of sp³-hybridized carbons (Fsp3) is 0.278. The van der Waals surface area contributed by atoms with Crippen molar-refractivity contribution in [1.29, 1.82) is 0 Å². The number of hydrogen-bond donors (Lipinski definition) is 3. The molecule has 126 valence electrons. The second kappa shape index (κ2) is 7.59. The first-order valence-corrected chi connectivity index (χ1v) is 7.78. The summed E-state index contributed by atoms with van der Waals surface area (Å²) in [6.07, 6.45) is 0. The lowest BCUT2D eigenvalue weighted by molar-refractivity contribution is -0.120. The molecule has 2 aromatic rings. The maximum atomic E-state index is 12.0. The third-order valence-corrected chi connectivity index (χ3v) is 3.67. The van der Waals surface area contributed by atoms with Gasteiger partial charge in [0.15, 0.2) is 0 Å². The van der Waals surface area contributed by atoms with Gasteiger partial charge in [0.05, 0.1) is 0 Å². The van der Waals surface area contributed by atoms with Gasteiger partial charge in [-0.15, -0.1) is 0 Å². The Morgan fingerprint density at radius 2 is 1.75 bits per heavy atom. The molecule has 6 heteroatoms. The summed E-state index contributed by atoms with van der Waals surface area (Å²) in [5, 5.41) is 5.20. The number of aromatic nitrogens is 1. The Bertz CT molecular complexity index is 729. The first-order chi connectivity index (χ1) is 11.4. The van der Waals surface area contributed by atoms with Crippen LogP contribution in [-0.2, 0) is 4.79 Å². The Morgan fingerprint density at radius 3 is 2.29 bits per heavy atom. The fourth-order valence-electron chi connectivity index (χ4n) is 2.41. The van der Waals surface area contributed by atoms with Crippen molar-refractivity contribution >= 4 is 17.8 Å². The molecule has 0 aliphatic carbocycles. The van der Waals surface area contributed by atoms with Crippen LogP contribution in [0.2, 0.25) is 0 Å². The predicted octanol–water partition coefficient (Wildman–Crippen LogP) is 2.69. The number of primary amides is 1. The second-order valence-electron chi connectivity index (χ2n) is 5.92. The molecule has 0 fully saturated rings. The summed E-state index contributed by atoms with van der Waals surface area (Å²) in [6.45, 7) is 5.51. The number of anilines is 1. The number of amides is 3. The molecule has 1 atom stereocenters. The smallest absolute Gasteiger partial charge is 0.321 e. The number of pyridine rings is 1. The summed E-state index contributed by atoms with van der Waals surface area (Å²) in [7, 11) is 0. The van der Waals surface area contributed by atoms with Gasteiger partial charge in [0.1, 0.15) is 11.9 Å². The molecule has 0 aliphatic rings. The van der Waals surface area contributed by atoms with Crippen LogP contribution in [0.25, 0.3) is 11.1 Å². The van der Waals surface area contributed by atoms with Gasteiger partial charge in [-0.05, 0) is 30.5 Å². The van der Waals surface area contributed by atoms with Gasteiger partial charge >= 0.3 is 6.03 Å². The summed E-state index contributed by atoms with van der Waals surface area (Å²) in [6, 6.07) is 12.3. The summed E-state index contributed by atoms with van der Waals surface area (Å²) >= 11 is 0. The first-order valence-electron chi connectivity index (χ1n) is 7.78. The third-order valence-electron chi connectivity index (χ3n) is 3.67. The third kappa shape index (κ3) is 4.32. The Labute approximate surface area is 141 Å². The SMILES string of the molecule is Cc1nc(NC(=O)N[C@H](C(N)=O)C(C)C)ccc1-c1ccccc1. The number of nitrogens with two attached hydrogens (primary N) is 1. The van der Waals surface area contributed by atoms with Gasteiger partial charge in [0, 0.05) is 11.3 Å². The summed E-state index contributed by atoms with van der Waals surface area (Å²) in [5.41, 5.74) is 8.15. The molecule has 0 bridgehead atoms. The maximum Gasteiger partial charge on any atom is 0.321 e. The van der Waals surface area contributed by atoms with E-state index in [-0.39, 0.29) is 5.92 Å². The Hall–Kier alpha value is -2.89. The van der Waals surface area contributed by atoms with E-state index in [0.717, 1.165) is 16.8 Å². The molecule has 0 unspecified atom stereocenters. The fourth-order valence-corrected chi connectivity index (χ4v) is 2.41. The Morgan fingerprint density at radius 1 is 1.08 bits per heavy atom. The molecule has 0 radical (unpaired) electrons. The number of nitrogens with zero attached hydrogens (tertiary/aromatic N) is 1. The average molecular weight is 326 g/mol. The first kappa shape index (κ1) is 17.5. The number of rotatable bonds is 5. The standard InChI is InChI=1S/C18H22N4O2/c1-11(2)16(17(19)23)22-18(24)21-15-10-9-14(12(3)20-15)13-7-5-4-6-8-13/h4-11,16H,1-3H3,(H2,19,23)(H2,20,21,22,24)/t16-/m0/s1. The van der Waals surface area contributed by atoms with E-state index >= 15 is 0 Å². The minimum atomic E-state index is -0.727. The van der Waals surface area contributed by atoms with Crippen LogP contribution in [0.5, 0.6) is 0 Å². The normalized spacial score (nSPS) is 11.8. The van der Waals surface area contributed by atoms with E-state index in [1.165, 1.54) is 0 Å². The molecule has 3 amide bonds. The molecule has 24 heavy (non-hydrogen) atoms. The monoisotopic (exact) mass is 326 g/mol. The predicted molar refractivity (Wildman–Crippen MR) is 94.4 cm³/mol. The van der Waals surface area contributed by atoms with Gasteiger partial charge in [0.2, 0.25) is 5.91 Å². The quantitative estimate of drug-likeness (QED) is 0.788. The van der Waals surface area contributed by atoms with Gasteiger partial charge < -0.3 is 11.1 Å². The number of carbonyl (C=O) groups is 2. The molecular formula is C18H22N4O2. The lowest BCUT2D eigenvalue weighted by Crippen LogP contribution is -2.49. The summed E-state index contributed by atoms with van der Waals surface area (Å²) < 4.78 is 0. The number of hydrogen-bond acceptors (Lipinski definition) is 3. The Balaban J connectivity index is 2.10. The lowest BCUT2D eigenvalue weighted by atomic mass is 10.0. The molecule has 6 nitrogen and oxygen atoms in total. The molecule has 0 saturated carbocycles. The van der Waals surface area contributed by atoms with E-state index in [2.05, 4.69) is 15.6 Å². The number of aryl methyl sites for hydroxylation is 1. The van der Waals surface area contributed by atoms with Crippen LogP contribution in [0.15, 0.2) is 42.5 Å². The minimum absolute atomic E-state index is 0.0941. The van der Waals surface area contributed by atoms with Crippen LogP contribution >= 0.6 is 0 Å². The highest BCUT2D eigenvalue weighted by Gasteiger charge is 2.21. The van der Waals surface area contributed by atoms with Crippen LogP contribution in [0.4, 0.5) is 10.6 Å². The number of urea groups is 1. The topological polar surface area (TPSA) is 97.1 Å². The summed E-state index contributed by atoms with van der Waals surface area (Å²) in [5.74, 6) is -0.247. The van der Waals surface area contributed by atoms with Crippen molar-refractivity contribution in [3.63, 3.8) is 0 Å². The van der Waals surface area contributed by atoms with E-state index in [1.54, 1.807) is 6.07 Å². The molecule has 1 aromatic heterocycles.